The van der Waals surface area contributed by atoms with Crippen molar-refractivity contribution in [1.29, 1.82) is 0 Å². The van der Waals surface area contributed by atoms with Crippen LogP contribution in [0.2, 0.25) is 5.02 Å². The third-order valence-corrected chi connectivity index (χ3v) is 5.99. The number of hydrogen-bond donors (Lipinski definition) is 2. The molecule has 148 valence electrons. The number of benzene rings is 1. The van der Waals surface area contributed by atoms with Crippen LogP contribution in [0.5, 0.6) is 0 Å². The largest absolute Gasteiger partial charge is 0.481 e. The van der Waals surface area contributed by atoms with Crippen molar-refractivity contribution in [2.24, 2.45) is 5.92 Å². The van der Waals surface area contributed by atoms with E-state index in [9.17, 15) is 9.59 Å². The summed E-state index contributed by atoms with van der Waals surface area (Å²) < 4.78 is 0. The van der Waals surface area contributed by atoms with Crippen LogP contribution in [0, 0.1) is 5.92 Å². The predicted octanol–water partition coefficient (Wildman–Crippen LogP) is 2.39. The average Bonchev–Trinajstić information content (AvgIpc) is 3.18. The van der Waals surface area contributed by atoms with Gasteiger partial charge in [0.1, 0.15) is 0 Å². The number of carboxylic acids is 1. The second-order valence-electron chi connectivity index (χ2n) is 7.47. The summed E-state index contributed by atoms with van der Waals surface area (Å²) in [6.07, 6.45) is 3.57. The fraction of sp³-hybridized carbons (Fsp3) is 0.600. The molecule has 0 aromatic heterocycles. The minimum absolute atomic E-state index is 0.0139. The Bertz CT molecular complexity index is 656. The fourth-order valence-corrected chi connectivity index (χ4v) is 4.30. The van der Waals surface area contributed by atoms with Gasteiger partial charge in [0, 0.05) is 11.6 Å². The van der Waals surface area contributed by atoms with E-state index in [1.54, 1.807) is 0 Å². The molecule has 2 heterocycles. The van der Waals surface area contributed by atoms with E-state index in [1.807, 2.05) is 29.2 Å². The molecule has 1 amide bonds. The van der Waals surface area contributed by atoms with E-state index in [-0.39, 0.29) is 17.9 Å². The minimum atomic E-state index is -0.729. The Kier molecular flexibility index (Phi) is 7.10. The maximum Gasteiger partial charge on any atom is 0.306 e. The van der Waals surface area contributed by atoms with Gasteiger partial charge in [0.2, 0.25) is 5.91 Å². The zero-order chi connectivity index (χ0) is 19.2. The SMILES string of the molecule is O=C(CN1CCC(C(=O)O)CC1)NCC(c1ccccc1Cl)N1CCCC1. The first kappa shape index (κ1) is 20.1. The molecule has 2 saturated heterocycles. The Morgan fingerprint density at radius 3 is 2.44 bits per heavy atom. The zero-order valence-electron chi connectivity index (χ0n) is 15.6. The van der Waals surface area contributed by atoms with Crippen molar-refractivity contribution in [3.05, 3.63) is 34.9 Å². The monoisotopic (exact) mass is 393 g/mol. The van der Waals surface area contributed by atoms with E-state index in [1.165, 1.54) is 12.8 Å². The van der Waals surface area contributed by atoms with Crippen LogP contribution >= 0.6 is 11.6 Å². The number of carbonyl (C=O) groups is 2. The van der Waals surface area contributed by atoms with Gasteiger partial charge in [0.05, 0.1) is 18.5 Å². The van der Waals surface area contributed by atoms with Gasteiger partial charge in [-0.1, -0.05) is 29.8 Å². The molecule has 1 aromatic carbocycles. The lowest BCUT2D eigenvalue weighted by atomic mass is 9.97. The molecular formula is C20H28ClN3O3. The van der Waals surface area contributed by atoms with Crippen LogP contribution in [0.25, 0.3) is 0 Å². The Hall–Kier alpha value is -1.63. The summed E-state index contributed by atoms with van der Waals surface area (Å²) >= 11 is 6.41. The quantitative estimate of drug-likeness (QED) is 0.744. The molecule has 2 fully saturated rings. The number of aliphatic carboxylic acids is 1. The normalized spacial score (nSPS) is 20.5. The van der Waals surface area contributed by atoms with Gasteiger partial charge < -0.3 is 10.4 Å². The zero-order valence-corrected chi connectivity index (χ0v) is 16.3. The molecule has 2 aliphatic rings. The molecule has 0 bridgehead atoms. The van der Waals surface area contributed by atoms with Crippen molar-refractivity contribution in [3.8, 4) is 0 Å². The van der Waals surface area contributed by atoms with Crippen LogP contribution in [-0.4, -0.2) is 66.1 Å². The topological polar surface area (TPSA) is 72.9 Å². The molecule has 1 aromatic rings. The van der Waals surface area contributed by atoms with Crippen molar-refractivity contribution >= 4 is 23.5 Å². The van der Waals surface area contributed by atoms with Gasteiger partial charge in [-0.15, -0.1) is 0 Å². The van der Waals surface area contributed by atoms with E-state index in [0.29, 0.717) is 39.0 Å². The number of hydrogen-bond acceptors (Lipinski definition) is 4. The summed E-state index contributed by atoms with van der Waals surface area (Å²) in [4.78, 5) is 27.9. The molecule has 2 aliphatic heterocycles. The first-order valence-corrected chi connectivity index (χ1v) is 10.1. The van der Waals surface area contributed by atoms with Crippen LogP contribution in [-0.2, 0) is 9.59 Å². The van der Waals surface area contributed by atoms with Gasteiger partial charge in [-0.2, -0.15) is 0 Å². The number of likely N-dealkylation sites (tertiary alicyclic amines) is 2. The highest BCUT2D eigenvalue weighted by Crippen LogP contribution is 2.29. The summed E-state index contributed by atoms with van der Waals surface area (Å²) in [5, 5.41) is 12.9. The van der Waals surface area contributed by atoms with Crippen molar-refractivity contribution < 1.29 is 14.7 Å². The van der Waals surface area contributed by atoms with E-state index in [4.69, 9.17) is 16.7 Å². The van der Waals surface area contributed by atoms with Crippen LogP contribution in [0.1, 0.15) is 37.3 Å². The molecule has 3 rings (SSSR count). The number of piperidine rings is 1. The lowest BCUT2D eigenvalue weighted by Gasteiger charge is -2.31. The first-order valence-electron chi connectivity index (χ1n) is 9.75. The van der Waals surface area contributed by atoms with Gasteiger partial charge >= 0.3 is 5.97 Å². The predicted molar refractivity (Wildman–Crippen MR) is 105 cm³/mol. The number of halogens is 1. The standard InChI is InChI=1S/C20H28ClN3O3/c21-17-6-2-1-5-16(17)18(24-9-3-4-10-24)13-22-19(25)14-23-11-7-15(8-12-23)20(26)27/h1-2,5-6,15,18H,3-4,7-14H2,(H,22,25)(H,26,27). The molecule has 7 heteroatoms. The molecule has 27 heavy (non-hydrogen) atoms. The molecule has 1 unspecified atom stereocenters. The van der Waals surface area contributed by atoms with Crippen molar-refractivity contribution in [2.45, 2.75) is 31.7 Å². The van der Waals surface area contributed by atoms with Crippen molar-refractivity contribution in [1.82, 2.24) is 15.1 Å². The van der Waals surface area contributed by atoms with Gasteiger partial charge in [-0.25, -0.2) is 0 Å². The minimum Gasteiger partial charge on any atom is -0.481 e. The average molecular weight is 394 g/mol. The third kappa shape index (κ3) is 5.43. The van der Waals surface area contributed by atoms with Crippen LogP contribution in [0.4, 0.5) is 0 Å². The number of carboxylic acid groups (broad SMARTS) is 1. The Morgan fingerprint density at radius 2 is 1.81 bits per heavy atom. The fourth-order valence-electron chi connectivity index (χ4n) is 4.04. The smallest absolute Gasteiger partial charge is 0.306 e. The number of rotatable bonds is 7. The highest BCUT2D eigenvalue weighted by Gasteiger charge is 2.27. The molecule has 0 spiro atoms. The first-order chi connectivity index (χ1) is 13.0. The Morgan fingerprint density at radius 1 is 1.15 bits per heavy atom. The molecule has 6 nitrogen and oxygen atoms in total. The second kappa shape index (κ2) is 9.53. The third-order valence-electron chi connectivity index (χ3n) is 5.64. The van der Waals surface area contributed by atoms with Gasteiger partial charge in [0.25, 0.3) is 0 Å². The van der Waals surface area contributed by atoms with Crippen LogP contribution in [0.15, 0.2) is 24.3 Å². The lowest BCUT2D eigenvalue weighted by molar-refractivity contribution is -0.143. The van der Waals surface area contributed by atoms with Crippen LogP contribution in [0.3, 0.4) is 0 Å². The van der Waals surface area contributed by atoms with Crippen molar-refractivity contribution in [2.75, 3.05) is 39.3 Å². The molecule has 0 aliphatic carbocycles. The molecule has 0 saturated carbocycles. The lowest BCUT2D eigenvalue weighted by Crippen LogP contribution is -2.44. The van der Waals surface area contributed by atoms with E-state index >= 15 is 0 Å². The molecule has 1 atom stereocenters. The number of amides is 1. The summed E-state index contributed by atoms with van der Waals surface area (Å²) in [6, 6.07) is 7.93. The summed E-state index contributed by atoms with van der Waals surface area (Å²) in [5.74, 6) is -1.02. The number of carbonyl (C=O) groups excluding carboxylic acids is 1. The van der Waals surface area contributed by atoms with E-state index in [2.05, 4.69) is 10.2 Å². The highest BCUT2D eigenvalue weighted by molar-refractivity contribution is 6.31. The highest BCUT2D eigenvalue weighted by atomic mass is 35.5. The summed E-state index contributed by atoms with van der Waals surface area (Å²) in [7, 11) is 0. The maximum atomic E-state index is 12.4. The molecular weight excluding hydrogens is 366 g/mol. The van der Waals surface area contributed by atoms with Gasteiger partial charge in [-0.3, -0.25) is 19.4 Å². The maximum absolute atomic E-state index is 12.4. The summed E-state index contributed by atoms with van der Waals surface area (Å²) in [6.45, 7) is 4.22. The number of nitrogens with one attached hydrogen (secondary N) is 1. The Labute approximate surface area is 165 Å². The van der Waals surface area contributed by atoms with E-state index < -0.39 is 5.97 Å². The van der Waals surface area contributed by atoms with E-state index in [0.717, 1.165) is 23.7 Å². The molecule has 0 radical (unpaired) electrons. The number of nitrogens with zero attached hydrogens (tertiary/aromatic N) is 2. The van der Waals surface area contributed by atoms with Crippen LogP contribution < -0.4 is 5.32 Å². The van der Waals surface area contributed by atoms with Gasteiger partial charge in [-0.05, 0) is 63.5 Å². The summed E-state index contributed by atoms with van der Waals surface area (Å²) in [5.41, 5.74) is 1.06. The van der Waals surface area contributed by atoms with Crippen molar-refractivity contribution in [3.63, 3.8) is 0 Å². The molecule has 2 N–H and O–H groups in total. The Balaban J connectivity index is 1.53. The van der Waals surface area contributed by atoms with Gasteiger partial charge in [0.15, 0.2) is 0 Å². The second-order valence-corrected chi connectivity index (χ2v) is 7.88.